The molecule has 6 heteroatoms. The Balaban J connectivity index is 4.69. The molecule has 1 N–H and O–H groups in total. The highest BCUT2D eigenvalue weighted by molar-refractivity contribution is 7.85. The third kappa shape index (κ3) is 6.46. The zero-order valence-corrected chi connectivity index (χ0v) is 10.3. The molecule has 0 heterocycles. The van der Waals surface area contributed by atoms with E-state index in [1.54, 1.807) is 0 Å². The second-order valence-corrected chi connectivity index (χ2v) is 6.09. The lowest BCUT2D eigenvalue weighted by atomic mass is 9.80. The number of hydrogen-bond acceptors (Lipinski definition) is 4. The Morgan fingerprint density at radius 3 is 2.13 bits per heavy atom. The number of esters is 1. The van der Waals surface area contributed by atoms with Crippen molar-refractivity contribution in [3.05, 3.63) is 0 Å². The largest absolute Gasteiger partial charge is 0.469 e. The van der Waals surface area contributed by atoms with Gasteiger partial charge in [0.25, 0.3) is 10.1 Å². The van der Waals surface area contributed by atoms with Crippen molar-refractivity contribution in [2.45, 2.75) is 27.2 Å². The van der Waals surface area contributed by atoms with E-state index in [9.17, 15) is 13.2 Å². The number of ether oxygens (including phenoxy) is 1. The summed E-state index contributed by atoms with van der Waals surface area (Å²) in [6.45, 7) is 5.43. The normalized spacial score (nSPS) is 14.7. The van der Waals surface area contributed by atoms with Crippen molar-refractivity contribution in [3.63, 3.8) is 0 Å². The van der Waals surface area contributed by atoms with Gasteiger partial charge in [-0.1, -0.05) is 20.8 Å². The van der Waals surface area contributed by atoms with Crippen LogP contribution in [0.4, 0.5) is 0 Å². The molecule has 0 saturated carbocycles. The van der Waals surface area contributed by atoms with Crippen LogP contribution in [0.15, 0.2) is 0 Å². The van der Waals surface area contributed by atoms with Crippen molar-refractivity contribution in [1.29, 1.82) is 0 Å². The standard InChI is InChI=1S/C9H18O5S/c1-9(2,3)7(5-8(10)14-4)6-15(11,12)13/h7H,5-6H2,1-4H3,(H,11,12,13)/t7-/m1/s1. The SMILES string of the molecule is COC(=O)C[C@H](CS(=O)(=O)O)C(C)(C)C. The van der Waals surface area contributed by atoms with Crippen LogP contribution in [0.5, 0.6) is 0 Å². The van der Waals surface area contributed by atoms with Gasteiger partial charge in [-0.25, -0.2) is 0 Å². The molecule has 0 radical (unpaired) electrons. The van der Waals surface area contributed by atoms with E-state index >= 15 is 0 Å². The van der Waals surface area contributed by atoms with Gasteiger partial charge in [0.2, 0.25) is 0 Å². The van der Waals surface area contributed by atoms with Crippen LogP contribution in [0.2, 0.25) is 0 Å². The minimum absolute atomic E-state index is 0.0141. The summed E-state index contributed by atoms with van der Waals surface area (Å²) in [4.78, 5) is 11.1. The van der Waals surface area contributed by atoms with Crippen molar-refractivity contribution in [3.8, 4) is 0 Å². The molecule has 0 amide bonds. The molecule has 15 heavy (non-hydrogen) atoms. The van der Waals surface area contributed by atoms with Crippen molar-refractivity contribution < 1.29 is 22.5 Å². The van der Waals surface area contributed by atoms with E-state index < -0.39 is 27.8 Å². The first kappa shape index (κ1) is 14.4. The fourth-order valence-electron chi connectivity index (χ4n) is 1.15. The van der Waals surface area contributed by atoms with Gasteiger partial charge in [0.05, 0.1) is 12.9 Å². The lowest BCUT2D eigenvalue weighted by Crippen LogP contribution is -2.30. The molecule has 0 aliphatic heterocycles. The van der Waals surface area contributed by atoms with Gasteiger partial charge in [0.15, 0.2) is 0 Å². The van der Waals surface area contributed by atoms with Gasteiger partial charge in [-0.05, 0) is 11.3 Å². The lowest BCUT2D eigenvalue weighted by molar-refractivity contribution is -0.142. The summed E-state index contributed by atoms with van der Waals surface area (Å²) in [5, 5.41) is 0. The van der Waals surface area contributed by atoms with Crippen LogP contribution >= 0.6 is 0 Å². The van der Waals surface area contributed by atoms with E-state index in [0.717, 1.165) is 0 Å². The predicted molar refractivity (Wildman–Crippen MR) is 56.0 cm³/mol. The minimum Gasteiger partial charge on any atom is -0.469 e. The molecule has 90 valence electrons. The Bertz CT molecular complexity index is 312. The van der Waals surface area contributed by atoms with Gasteiger partial charge >= 0.3 is 5.97 Å². The predicted octanol–water partition coefficient (Wildman–Crippen LogP) is 1.10. The molecule has 0 aromatic heterocycles. The van der Waals surface area contributed by atoms with Crippen molar-refractivity contribution in [1.82, 2.24) is 0 Å². The molecule has 0 rings (SSSR count). The molecule has 0 unspecified atom stereocenters. The summed E-state index contributed by atoms with van der Waals surface area (Å²) >= 11 is 0. The van der Waals surface area contributed by atoms with Crippen LogP contribution in [-0.2, 0) is 19.6 Å². The van der Waals surface area contributed by atoms with Crippen LogP contribution in [0.1, 0.15) is 27.2 Å². The Hall–Kier alpha value is -0.620. The maximum absolute atomic E-state index is 11.1. The second kappa shape index (κ2) is 4.94. The van der Waals surface area contributed by atoms with Crippen LogP contribution in [0.3, 0.4) is 0 Å². The summed E-state index contributed by atoms with van der Waals surface area (Å²) in [5.41, 5.74) is -0.385. The van der Waals surface area contributed by atoms with Crippen LogP contribution in [-0.4, -0.2) is 31.8 Å². The van der Waals surface area contributed by atoms with Crippen LogP contribution in [0.25, 0.3) is 0 Å². The molecule has 0 aliphatic rings. The molecular formula is C9H18O5S. The highest BCUT2D eigenvalue weighted by Gasteiger charge is 2.31. The number of methoxy groups -OCH3 is 1. The average molecular weight is 238 g/mol. The van der Waals surface area contributed by atoms with Crippen molar-refractivity contribution in [2.75, 3.05) is 12.9 Å². The third-order valence-corrected chi connectivity index (χ3v) is 3.10. The Kier molecular flexibility index (Phi) is 4.73. The van der Waals surface area contributed by atoms with E-state index in [-0.39, 0.29) is 11.8 Å². The fraction of sp³-hybridized carbons (Fsp3) is 0.889. The molecule has 0 aromatic carbocycles. The molecular weight excluding hydrogens is 220 g/mol. The van der Waals surface area contributed by atoms with Gasteiger partial charge < -0.3 is 4.74 Å². The fourth-order valence-corrected chi connectivity index (χ4v) is 2.28. The van der Waals surface area contributed by atoms with Crippen molar-refractivity contribution in [2.24, 2.45) is 11.3 Å². The number of rotatable bonds is 4. The number of carbonyl (C=O) groups is 1. The zero-order chi connectivity index (χ0) is 12.3. The van der Waals surface area contributed by atoms with Gasteiger partial charge in [-0.3, -0.25) is 9.35 Å². The Labute approximate surface area is 90.6 Å². The number of carbonyl (C=O) groups excluding carboxylic acids is 1. The molecule has 5 nitrogen and oxygen atoms in total. The number of hydrogen-bond donors (Lipinski definition) is 1. The smallest absolute Gasteiger partial charge is 0.305 e. The van der Waals surface area contributed by atoms with E-state index in [2.05, 4.69) is 4.74 Å². The van der Waals surface area contributed by atoms with Gasteiger partial charge in [-0.2, -0.15) is 8.42 Å². The molecule has 0 aromatic rings. The maximum Gasteiger partial charge on any atom is 0.305 e. The first-order chi connectivity index (χ1) is 6.56. The van der Waals surface area contributed by atoms with E-state index in [0.29, 0.717) is 0 Å². The van der Waals surface area contributed by atoms with Gasteiger partial charge in [0.1, 0.15) is 0 Å². The van der Waals surface area contributed by atoms with Gasteiger partial charge in [0, 0.05) is 6.42 Å². The molecule has 1 atom stereocenters. The Morgan fingerprint density at radius 2 is 1.87 bits per heavy atom. The quantitative estimate of drug-likeness (QED) is 0.586. The summed E-state index contributed by atoms with van der Waals surface area (Å²) in [6, 6.07) is 0. The molecule has 0 saturated heterocycles. The Morgan fingerprint density at radius 1 is 1.40 bits per heavy atom. The van der Waals surface area contributed by atoms with E-state index in [1.807, 2.05) is 20.8 Å². The lowest BCUT2D eigenvalue weighted by Gasteiger charge is -2.28. The van der Waals surface area contributed by atoms with E-state index in [4.69, 9.17) is 4.55 Å². The summed E-state index contributed by atoms with van der Waals surface area (Å²) in [7, 11) is -2.82. The summed E-state index contributed by atoms with van der Waals surface area (Å²) in [6.07, 6.45) is -0.0141. The molecule has 0 bridgehead atoms. The maximum atomic E-state index is 11.1. The first-order valence-electron chi connectivity index (χ1n) is 4.58. The molecule has 0 aliphatic carbocycles. The summed E-state index contributed by atoms with van der Waals surface area (Å²) in [5.74, 6) is -1.36. The van der Waals surface area contributed by atoms with Crippen LogP contribution < -0.4 is 0 Å². The topological polar surface area (TPSA) is 80.7 Å². The summed E-state index contributed by atoms with van der Waals surface area (Å²) < 4.78 is 34.8. The highest BCUT2D eigenvalue weighted by Crippen LogP contribution is 2.30. The van der Waals surface area contributed by atoms with E-state index in [1.165, 1.54) is 7.11 Å². The first-order valence-corrected chi connectivity index (χ1v) is 6.19. The zero-order valence-electron chi connectivity index (χ0n) is 9.48. The minimum atomic E-state index is -4.07. The third-order valence-electron chi connectivity index (χ3n) is 2.28. The molecule has 0 spiro atoms. The highest BCUT2D eigenvalue weighted by atomic mass is 32.2. The monoisotopic (exact) mass is 238 g/mol. The average Bonchev–Trinajstić information content (AvgIpc) is 1.98. The van der Waals surface area contributed by atoms with Crippen molar-refractivity contribution >= 4 is 16.1 Å². The second-order valence-electron chi connectivity index (χ2n) is 4.59. The van der Waals surface area contributed by atoms with Crippen LogP contribution in [0, 0.1) is 11.3 Å². The van der Waals surface area contributed by atoms with Gasteiger partial charge in [-0.15, -0.1) is 0 Å². The molecule has 0 fully saturated rings.